The zero-order valence-corrected chi connectivity index (χ0v) is 40.0. The first-order valence-corrected chi connectivity index (χ1v) is 24.3. The van der Waals surface area contributed by atoms with Gasteiger partial charge in [0.1, 0.15) is 11.8 Å². The molecule has 21 heteroatoms. The van der Waals surface area contributed by atoms with E-state index < -0.39 is 29.7 Å². The van der Waals surface area contributed by atoms with Gasteiger partial charge in [-0.3, -0.25) is 43.8 Å². The highest BCUT2D eigenvalue weighted by Gasteiger charge is 2.45. The lowest BCUT2D eigenvalue weighted by Gasteiger charge is -2.39. The number of hydrogen-bond acceptors (Lipinski definition) is 16. The van der Waals surface area contributed by atoms with Crippen molar-refractivity contribution in [2.24, 2.45) is 5.92 Å². The number of imide groups is 2. The maximum atomic E-state index is 13.5. The number of piperidine rings is 2. The Hall–Kier alpha value is -7.33. The summed E-state index contributed by atoms with van der Waals surface area (Å²) in [5.41, 5.74) is 2.81. The summed E-state index contributed by atoms with van der Waals surface area (Å²) in [4.78, 5) is 105. The van der Waals surface area contributed by atoms with Crippen molar-refractivity contribution in [3.8, 4) is 11.8 Å². The Morgan fingerprint density at radius 2 is 1.31 bits per heavy atom. The maximum absolute atomic E-state index is 13.5. The van der Waals surface area contributed by atoms with E-state index in [-0.39, 0.29) is 66.6 Å². The van der Waals surface area contributed by atoms with Crippen molar-refractivity contribution in [2.45, 2.75) is 38.1 Å². The minimum atomic E-state index is -1.03. The van der Waals surface area contributed by atoms with Gasteiger partial charge in [-0.2, -0.15) is 0 Å². The highest BCUT2D eigenvalue weighted by molar-refractivity contribution is 6.25. The molecule has 3 aromatic carbocycles. The number of nitrogens with one attached hydrogen (secondary N) is 3. The van der Waals surface area contributed by atoms with Gasteiger partial charge in [0.2, 0.25) is 23.6 Å². The number of carbonyl (C=O) groups is 7. The van der Waals surface area contributed by atoms with E-state index in [1.54, 1.807) is 35.2 Å². The number of hydrogen-bond donors (Lipinski definition) is 3. The second kappa shape index (κ2) is 25.2. The van der Waals surface area contributed by atoms with Crippen LogP contribution in [0, 0.1) is 5.92 Å². The van der Waals surface area contributed by atoms with Crippen LogP contribution < -0.4 is 25.6 Å². The van der Waals surface area contributed by atoms with Crippen molar-refractivity contribution in [2.75, 3.05) is 114 Å². The van der Waals surface area contributed by atoms with E-state index in [1.165, 1.54) is 12.4 Å². The first-order valence-electron chi connectivity index (χ1n) is 24.3. The summed E-state index contributed by atoms with van der Waals surface area (Å²) in [6, 6.07) is 20.8. The van der Waals surface area contributed by atoms with Crippen LogP contribution in [0.4, 0.5) is 17.1 Å². The first-order chi connectivity index (χ1) is 35.1. The van der Waals surface area contributed by atoms with Crippen LogP contribution in [0.25, 0.3) is 0 Å². The van der Waals surface area contributed by atoms with Gasteiger partial charge in [0.25, 0.3) is 17.7 Å². The van der Waals surface area contributed by atoms with Crippen molar-refractivity contribution in [3.63, 3.8) is 0 Å². The molecule has 1 atom stereocenters. The fraction of sp³-hybridized carbons (Fsp3) is 0.431. The maximum Gasteiger partial charge on any atom is 0.321 e. The molecule has 0 saturated carbocycles. The Bertz CT molecular complexity index is 2530. The number of ether oxygens (including phenoxy) is 5. The van der Waals surface area contributed by atoms with E-state index >= 15 is 0 Å². The summed E-state index contributed by atoms with van der Waals surface area (Å²) >= 11 is 0. The summed E-state index contributed by atoms with van der Waals surface area (Å²) in [6.07, 6.45) is 4.70. The summed E-state index contributed by atoms with van der Waals surface area (Å²) < 4.78 is 28.0. The van der Waals surface area contributed by atoms with E-state index in [1.807, 2.05) is 47.4 Å². The monoisotopic (exact) mass is 989 g/mol. The summed E-state index contributed by atoms with van der Waals surface area (Å²) in [5.74, 6) is -1.88. The number of para-hydroxylation sites is 1. The molecule has 7 amide bonds. The molecule has 4 aliphatic heterocycles. The van der Waals surface area contributed by atoms with E-state index in [4.69, 9.17) is 23.7 Å². The van der Waals surface area contributed by atoms with Crippen LogP contribution in [0.15, 0.2) is 85.2 Å². The topological polar surface area (TPSA) is 240 Å². The first kappa shape index (κ1) is 51.0. The van der Waals surface area contributed by atoms with Crippen LogP contribution in [0.3, 0.4) is 0 Å². The molecule has 1 aromatic heterocycles. The molecular formula is C51H59N9O12. The molecule has 5 heterocycles. The number of carbonyl (C=O) groups excluding carboxylic acids is 7. The largest absolute Gasteiger partial charge is 0.424 e. The molecule has 4 aliphatic rings. The Kier molecular flexibility index (Phi) is 17.8. The van der Waals surface area contributed by atoms with Gasteiger partial charge in [-0.1, -0.05) is 24.3 Å². The average Bonchev–Trinajstić information content (AvgIpc) is 3.66. The molecule has 3 fully saturated rings. The number of benzene rings is 3. The van der Waals surface area contributed by atoms with Crippen LogP contribution in [0.1, 0.15) is 63.2 Å². The molecule has 0 aliphatic carbocycles. The summed E-state index contributed by atoms with van der Waals surface area (Å²) in [5, 5.41) is 8.21. The van der Waals surface area contributed by atoms with Crippen molar-refractivity contribution in [1.29, 1.82) is 0 Å². The predicted molar refractivity (Wildman–Crippen MR) is 261 cm³/mol. The fourth-order valence-corrected chi connectivity index (χ4v) is 8.86. The molecule has 0 spiro atoms. The zero-order valence-electron chi connectivity index (χ0n) is 40.0. The fourth-order valence-electron chi connectivity index (χ4n) is 8.86. The number of fused-ring (bicyclic) bond motifs is 1. The quantitative estimate of drug-likeness (QED) is 0.0713. The molecular weight excluding hydrogens is 931 g/mol. The lowest BCUT2D eigenvalue weighted by Crippen LogP contribution is -2.54. The van der Waals surface area contributed by atoms with Crippen LogP contribution in [0.5, 0.6) is 11.8 Å². The van der Waals surface area contributed by atoms with Gasteiger partial charge in [0, 0.05) is 87.6 Å². The van der Waals surface area contributed by atoms with E-state index in [0.29, 0.717) is 102 Å². The minimum absolute atomic E-state index is 0.000786. The molecule has 72 heavy (non-hydrogen) atoms. The molecule has 8 rings (SSSR count). The van der Waals surface area contributed by atoms with Crippen LogP contribution in [0.2, 0.25) is 0 Å². The van der Waals surface area contributed by atoms with Crippen LogP contribution >= 0.6 is 0 Å². The van der Waals surface area contributed by atoms with E-state index in [2.05, 4.69) is 30.8 Å². The number of nitrogens with zero attached hydrogens (tertiary/aromatic N) is 6. The average molecular weight is 990 g/mol. The van der Waals surface area contributed by atoms with Gasteiger partial charge in [0.15, 0.2) is 0 Å². The normalized spacial score (nSPS) is 17.2. The van der Waals surface area contributed by atoms with Gasteiger partial charge >= 0.3 is 6.01 Å². The lowest BCUT2D eigenvalue weighted by molar-refractivity contribution is -0.143. The Morgan fingerprint density at radius 1 is 0.667 bits per heavy atom. The second-order valence-electron chi connectivity index (χ2n) is 17.4. The summed E-state index contributed by atoms with van der Waals surface area (Å²) in [6.45, 7) is 6.54. The third-order valence-corrected chi connectivity index (χ3v) is 12.7. The third kappa shape index (κ3) is 13.3. The number of piperazine rings is 1. The standard InChI is InChI=1S/C51H59N9O12/c61-43-14-13-42(47(64)56-43)60-49(66)40-7-4-8-41(45(40)50(60)67)52-18-26-69-28-30-71-32-31-70-29-27-68-25-17-44(62)58-21-23-59(24-22-58)48(65)35-15-19-57(20-16-35)38-11-9-37(10-12-38)55-46(63)36-33-53-51(54-34-36)72-39-5-2-1-3-6-39/h1-12,33-35,42,52H,13-32H2,(H,55,63)(H,56,61,64). The van der Waals surface area contributed by atoms with Crippen molar-refractivity contribution in [1.82, 2.24) is 30.0 Å². The third-order valence-electron chi connectivity index (χ3n) is 12.7. The molecule has 0 bridgehead atoms. The SMILES string of the molecule is O=C1CCC(N2C(=O)c3cccc(NCCOCCOCCOCCOCCC(=O)N4CCN(C(=O)C5CCN(c6ccc(NC(=O)c7cnc(Oc8ccccc8)nc7)cc6)CC5)CC4)c3C2=O)C(=O)N1. The number of anilines is 3. The van der Waals surface area contributed by atoms with Crippen LogP contribution in [-0.4, -0.2) is 171 Å². The Labute approximate surface area is 416 Å². The van der Waals surface area contributed by atoms with Crippen molar-refractivity contribution >= 4 is 58.4 Å². The predicted octanol–water partition coefficient (Wildman–Crippen LogP) is 3.38. The molecule has 1 unspecified atom stereocenters. The van der Waals surface area contributed by atoms with Crippen molar-refractivity contribution < 1.29 is 57.2 Å². The van der Waals surface area contributed by atoms with E-state index in [9.17, 15) is 33.6 Å². The highest BCUT2D eigenvalue weighted by Crippen LogP contribution is 2.33. The minimum Gasteiger partial charge on any atom is -0.424 e. The zero-order chi connectivity index (χ0) is 50.2. The van der Waals surface area contributed by atoms with Gasteiger partial charge < -0.3 is 49.0 Å². The molecule has 3 saturated heterocycles. The van der Waals surface area contributed by atoms with Gasteiger partial charge in [-0.25, -0.2) is 9.97 Å². The molecule has 380 valence electrons. The molecule has 3 N–H and O–H groups in total. The Morgan fingerprint density at radius 3 is 1.97 bits per heavy atom. The second-order valence-corrected chi connectivity index (χ2v) is 17.4. The smallest absolute Gasteiger partial charge is 0.321 e. The Balaban J connectivity index is 0.612. The van der Waals surface area contributed by atoms with Gasteiger partial charge in [-0.15, -0.1) is 0 Å². The highest BCUT2D eigenvalue weighted by atomic mass is 16.6. The van der Waals surface area contributed by atoms with Gasteiger partial charge in [0.05, 0.1) is 76.0 Å². The molecule has 21 nitrogen and oxygen atoms in total. The van der Waals surface area contributed by atoms with Crippen LogP contribution in [-0.2, 0) is 38.1 Å². The molecule has 4 aromatic rings. The van der Waals surface area contributed by atoms with Crippen molar-refractivity contribution in [3.05, 3.63) is 102 Å². The number of amides is 7. The van der Waals surface area contributed by atoms with Gasteiger partial charge in [-0.05, 0) is 67.8 Å². The number of aromatic nitrogens is 2. The summed E-state index contributed by atoms with van der Waals surface area (Å²) in [7, 11) is 0. The number of rotatable bonds is 23. The lowest BCUT2D eigenvalue weighted by atomic mass is 9.94. The van der Waals surface area contributed by atoms with E-state index in [0.717, 1.165) is 36.5 Å². The molecule has 0 radical (unpaired) electrons.